The van der Waals surface area contributed by atoms with E-state index in [2.05, 4.69) is 27.2 Å². The Labute approximate surface area is 183 Å². The minimum atomic E-state index is -0.0536. The molecule has 0 saturated heterocycles. The normalized spacial score (nSPS) is 13.5. The molecule has 1 saturated carbocycles. The first-order chi connectivity index (χ1) is 12.7. The van der Waals surface area contributed by atoms with Crippen LogP contribution in [0.2, 0.25) is 0 Å². The van der Waals surface area contributed by atoms with Crippen LogP contribution in [0.4, 0.5) is 0 Å². The summed E-state index contributed by atoms with van der Waals surface area (Å²) in [5, 5.41) is 9.54. The highest BCUT2D eigenvalue weighted by Gasteiger charge is 2.23. The molecule has 27 heavy (non-hydrogen) atoms. The lowest BCUT2D eigenvalue weighted by atomic mass is 10.2. The van der Waals surface area contributed by atoms with Crippen LogP contribution in [-0.4, -0.2) is 50.1 Å². The average molecular weight is 506 g/mol. The van der Waals surface area contributed by atoms with Gasteiger partial charge in [0.15, 0.2) is 12.6 Å². The van der Waals surface area contributed by atoms with Gasteiger partial charge in [-0.3, -0.25) is 9.79 Å². The summed E-state index contributed by atoms with van der Waals surface area (Å²) in [7, 11) is 1.77. The fourth-order valence-electron chi connectivity index (χ4n) is 2.38. The number of benzene rings is 1. The molecular weight excluding hydrogens is 475 g/mol. The minimum absolute atomic E-state index is 0. The van der Waals surface area contributed by atoms with Gasteiger partial charge in [-0.15, -0.1) is 24.0 Å². The molecule has 0 atom stereocenters. The maximum Gasteiger partial charge on any atom is 0.258 e. The van der Waals surface area contributed by atoms with E-state index in [1.165, 1.54) is 12.2 Å². The summed E-state index contributed by atoms with van der Waals surface area (Å²) in [4.78, 5) is 15.9. The SMILES string of the molecule is CN=C(NCCCCSC)NCc1cccc(OCC(=O)NC2CC2)c1.I. The first-order valence-corrected chi connectivity index (χ1v) is 10.5. The van der Waals surface area contributed by atoms with Crippen molar-refractivity contribution in [2.75, 3.05) is 32.2 Å². The molecule has 1 aliphatic carbocycles. The van der Waals surface area contributed by atoms with Crippen molar-refractivity contribution < 1.29 is 9.53 Å². The Balaban J connectivity index is 0.00000364. The summed E-state index contributed by atoms with van der Waals surface area (Å²) in [6, 6.07) is 8.14. The molecule has 1 aromatic carbocycles. The fraction of sp³-hybridized carbons (Fsp3) is 0.579. The topological polar surface area (TPSA) is 74.8 Å². The molecule has 1 fully saturated rings. The lowest BCUT2D eigenvalue weighted by Crippen LogP contribution is -2.37. The zero-order valence-corrected chi connectivity index (χ0v) is 19.3. The maximum absolute atomic E-state index is 11.7. The van der Waals surface area contributed by atoms with Crippen LogP contribution in [-0.2, 0) is 11.3 Å². The molecule has 0 aromatic heterocycles. The Morgan fingerprint density at radius 1 is 1.30 bits per heavy atom. The number of nitrogens with zero attached hydrogens (tertiary/aromatic N) is 1. The molecule has 1 aliphatic rings. The van der Waals surface area contributed by atoms with Crippen LogP contribution < -0.4 is 20.7 Å². The number of unbranched alkanes of at least 4 members (excludes halogenated alkanes) is 1. The number of rotatable bonds is 11. The zero-order valence-electron chi connectivity index (χ0n) is 16.1. The maximum atomic E-state index is 11.7. The van der Waals surface area contributed by atoms with E-state index in [4.69, 9.17) is 4.74 Å². The monoisotopic (exact) mass is 506 g/mol. The molecular formula is C19H31IN4O2S. The van der Waals surface area contributed by atoms with Gasteiger partial charge in [0, 0.05) is 26.2 Å². The van der Waals surface area contributed by atoms with E-state index in [0.717, 1.165) is 37.3 Å². The van der Waals surface area contributed by atoms with Gasteiger partial charge in [-0.2, -0.15) is 11.8 Å². The summed E-state index contributed by atoms with van der Waals surface area (Å²) >= 11 is 1.88. The van der Waals surface area contributed by atoms with Crippen LogP contribution in [0.1, 0.15) is 31.2 Å². The third-order valence-corrected chi connectivity index (χ3v) is 4.66. The summed E-state index contributed by atoms with van der Waals surface area (Å²) in [6.07, 6.45) is 6.64. The Morgan fingerprint density at radius 3 is 2.81 bits per heavy atom. The standard InChI is InChI=1S/C19H30N4O2S.HI/c1-20-19(21-10-3-4-11-26-2)22-13-15-6-5-7-17(12-15)25-14-18(24)23-16-8-9-16;/h5-7,12,16H,3-4,8-11,13-14H2,1-2H3,(H,23,24)(H2,20,21,22);1H. The van der Waals surface area contributed by atoms with Gasteiger partial charge in [0.25, 0.3) is 5.91 Å². The van der Waals surface area contributed by atoms with Gasteiger partial charge in [0.1, 0.15) is 5.75 Å². The van der Waals surface area contributed by atoms with E-state index in [9.17, 15) is 4.79 Å². The molecule has 2 rings (SSSR count). The highest BCUT2D eigenvalue weighted by molar-refractivity contribution is 14.0. The molecule has 0 bridgehead atoms. The summed E-state index contributed by atoms with van der Waals surface area (Å²) in [5.41, 5.74) is 1.08. The number of hydrogen-bond acceptors (Lipinski definition) is 4. The van der Waals surface area contributed by atoms with E-state index >= 15 is 0 Å². The summed E-state index contributed by atoms with van der Waals surface area (Å²) in [6.45, 7) is 1.63. The van der Waals surface area contributed by atoms with Crippen molar-refractivity contribution in [2.45, 2.75) is 38.3 Å². The number of carbonyl (C=O) groups excluding carboxylic acids is 1. The zero-order chi connectivity index (χ0) is 18.6. The van der Waals surface area contributed by atoms with Gasteiger partial charge in [-0.05, 0) is 55.4 Å². The molecule has 6 nitrogen and oxygen atoms in total. The highest BCUT2D eigenvalue weighted by Crippen LogP contribution is 2.18. The molecule has 1 amide bonds. The van der Waals surface area contributed by atoms with Crippen LogP contribution in [0.25, 0.3) is 0 Å². The smallest absolute Gasteiger partial charge is 0.258 e. The van der Waals surface area contributed by atoms with Gasteiger partial charge < -0.3 is 20.7 Å². The number of carbonyl (C=O) groups is 1. The van der Waals surface area contributed by atoms with Crippen molar-refractivity contribution in [1.82, 2.24) is 16.0 Å². The van der Waals surface area contributed by atoms with E-state index in [1.807, 2.05) is 36.0 Å². The number of halogens is 1. The van der Waals surface area contributed by atoms with Crippen molar-refractivity contribution in [3.8, 4) is 5.75 Å². The molecule has 8 heteroatoms. The van der Waals surface area contributed by atoms with Crippen molar-refractivity contribution in [3.63, 3.8) is 0 Å². The van der Waals surface area contributed by atoms with E-state index in [0.29, 0.717) is 18.3 Å². The molecule has 0 unspecified atom stereocenters. The molecule has 152 valence electrons. The lowest BCUT2D eigenvalue weighted by molar-refractivity contribution is -0.123. The van der Waals surface area contributed by atoms with Crippen molar-refractivity contribution in [3.05, 3.63) is 29.8 Å². The van der Waals surface area contributed by atoms with Gasteiger partial charge >= 0.3 is 0 Å². The predicted octanol–water partition coefficient (Wildman–Crippen LogP) is 2.77. The Hall–Kier alpha value is -1.16. The Morgan fingerprint density at radius 2 is 2.11 bits per heavy atom. The van der Waals surface area contributed by atoms with E-state index < -0.39 is 0 Å². The third-order valence-electron chi connectivity index (χ3n) is 3.96. The van der Waals surface area contributed by atoms with Crippen LogP contribution in [0.15, 0.2) is 29.3 Å². The lowest BCUT2D eigenvalue weighted by Gasteiger charge is -2.13. The Kier molecular flexibility index (Phi) is 12.3. The summed E-state index contributed by atoms with van der Waals surface area (Å²) < 4.78 is 5.59. The Bertz CT molecular complexity index is 597. The molecule has 0 heterocycles. The second-order valence-electron chi connectivity index (χ2n) is 6.33. The average Bonchev–Trinajstić information content (AvgIpc) is 3.46. The number of nitrogens with one attached hydrogen (secondary N) is 3. The molecule has 0 radical (unpaired) electrons. The van der Waals surface area contributed by atoms with Crippen molar-refractivity contribution in [2.24, 2.45) is 4.99 Å². The molecule has 3 N–H and O–H groups in total. The fourth-order valence-corrected chi connectivity index (χ4v) is 2.87. The van der Waals surface area contributed by atoms with Gasteiger partial charge in [-0.1, -0.05) is 12.1 Å². The number of guanidine groups is 1. The third kappa shape index (κ3) is 10.7. The first kappa shape index (κ1) is 23.9. The van der Waals surface area contributed by atoms with E-state index in [1.54, 1.807) is 7.05 Å². The van der Waals surface area contributed by atoms with Gasteiger partial charge in [0.05, 0.1) is 0 Å². The van der Waals surface area contributed by atoms with Gasteiger partial charge in [-0.25, -0.2) is 0 Å². The first-order valence-electron chi connectivity index (χ1n) is 9.16. The molecule has 0 aliphatic heterocycles. The van der Waals surface area contributed by atoms with Crippen LogP contribution in [0.3, 0.4) is 0 Å². The van der Waals surface area contributed by atoms with Crippen LogP contribution in [0, 0.1) is 0 Å². The second kappa shape index (κ2) is 13.9. The number of ether oxygens (including phenoxy) is 1. The van der Waals surface area contributed by atoms with Crippen LogP contribution in [0.5, 0.6) is 5.75 Å². The largest absolute Gasteiger partial charge is 0.484 e. The quantitative estimate of drug-likeness (QED) is 0.186. The number of hydrogen-bond donors (Lipinski definition) is 3. The van der Waals surface area contributed by atoms with Gasteiger partial charge in [0.2, 0.25) is 0 Å². The van der Waals surface area contributed by atoms with Crippen LogP contribution >= 0.6 is 35.7 Å². The number of aliphatic imine (C=N–C) groups is 1. The molecule has 0 spiro atoms. The van der Waals surface area contributed by atoms with E-state index in [-0.39, 0.29) is 36.5 Å². The predicted molar refractivity (Wildman–Crippen MR) is 124 cm³/mol. The summed E-state index contributed by atoms with van der Waals surface area (Å²) in [5.74, 6) is 2.64. The van der Waals surface area contributed by atoms with Crippen molar-refractivity contribution >= 4 is 47.6 Å². The number of amides is 1. The second-order valence-corrected chi connectivity index (χ2v) is 7.32. The minimum Gasteiger partial charge on any atom is -0.484 e. The van der Waals surface area contributed by atoms with Crippen molar-refractivity contribution in [1.29, 1.82) is 0 Å². The molecule has 1 aromatic rings. The highest BCUT2D eigenvalue weighted by atomic mass is 127. The number of thioether (sulfide) groups is 1.